The molecule has 2 aromatic rings. The van der Waals surface area contributed by atoms with Crippen LogP contribution in [0.2, 0.25) is 0 Å². The van der Waals surface area contributed by atoms with Crippen molar-refractivity contribution in [1.82, 2.24) is 14.5 Å². The van der Waals surface area contributed by atoms with Gasteiger partial charge in [0.2, 0.25) is 11.7 Å². The van der Waals surface area contributed by atoms with Gasteiger partial charge >= 0.3 is 6.18 Å². The molecule has 0 radical (unpaired) electrons. The standard InChI is InChI=1S/C18H21ClF3N3O/c19-9-3-6-16(26)24-10-7-13(8-11-24)12-25-15-5-2-1-4-14(15)23-17(25)18(20,21)22/h1-2,4-5,13H,3,6-12H2. The van der Waals surface area contributed by atoms with Gasteiger partial charge in [-0.25, -0.2) is 4.98 Å². The van der Waals surface area contributed by atoms with Crippen molar-refractivity contribution < 1.29 is 18.0 Å². The smallest absolute Gasteiger partial charge is 0.343 e. The normalized spacial score (nSPS) is 16.4. The lowest BCUT2D eigenvalue weighted by molar-refractivity contribution is -0.147. The molecule has 0 saturated carbocycles. The van der Waals surface area contributed by atoms with E-state index in [0.717, 1.165) is 0 Å². The SMILES string of the molecule is O=C(CCCCl)N1CCC(Cn2c(C(F)(F)F)nc3ccccc32)CC1. The summed E-state index contributed by atoms with van der Waals surface area (Å²) < 4.78 is 41.4. The Hall–Kier alpha value is -1.76. The first kappa shape index (κ1) is 19.0. The van der Waals surface area contributed by atoms with Crippen LogP contribution < -0.4 is 0 Å². The number of rotatable bonds is 5. The lowest BCUT2D eigenvalue weighted by Crippen LogP contribution is -2.39. The van der Waals surface area contributed by atoms with Crippen LogP contribution in [0.25, 0.3) is 11.0 Å². The zero-order valence-corrected chi connectivity index (χ0v) is 15.1. The molecule has 1 amide bonds. The third kappa shape index (κ3) is 4.14. The summed E-state index contributed by atoms with van der Waals surface area (Å²) in [6.07, 6.45) is -2.03. The highest BCUT2D eigenvalue weighted by Crippen LogP contribution is 2.33. The number of hydrogen-bond acceptors (Lipinski definition) is 2. The Morgan fingerprint density at radius 3 is 2.58 bits per heavy atom. The molecule has 1 aromatic heterocycles. The van der Waals surface area contributed by atoms with Gasteiger partial charge in [0.1, 0.15) is 0 Å². The van der Waals surface area contributed by atoms with Crippen molar-refractivity contribution in [3.05, 3.63) is 30.1 Å². The largest absolute Gasteiger partial charge is 0.449 e. The van der Waals surface area contributed by atoms with Gasteiger partial charge < -0.3 is 9.47 Å². The molecule has 1 saturated heterocycles. The molecule has 4 nitrogen and oxygen atoms in total. The van der Waals surface area contributed by atoms with Gasteiger partial charge in [-0.15, -0.1) is 11.6 Å². The van der Waals surface area contributed by atoms with E-state index in [4.69, 9.17) is 11.6 Å². The van der Waals surface area contributed by atoms with Gasteiger partial charge in [-0.1, -0.05) is 12.1 Å². The van der Waals surface area contributed by atoms with Crippen LogP contribution >= 0.6 is 11.6 Å². The van der Waals surface area contributed by atoms with Crippen LogP contribution in [0.5, 0.6) is 0 Å². The number of halogens is 4. The number of aromatic nitrogens is 2. The number of carbonyl (C=O) groups is 1. The molecule has 0 spiro atoms. The van der Waals surface area contributed by atoms with E-state index < -0.39 is 12.0 Å². The van der Waals surface area contributed by atoms with Crippen LogP contribution in [0.1, 0.15) is 31.5 Å². The lowest BCUT2D eigenvalue weighted by atomic mass is 9.96. The second-order valence-electron chi connectivity index (χ2n) is 6.65. The molecule has 0 unspecified atom stereocenters. The summed E-state index contributed by atoms with van der Waals surface area (Å²) in [6.45, 7) is 1.43. The summed E-state index contributed by atoms with van der Waals surface area (Å²) in [5.74, 6) is -0.228. The number of imidazole rings is 1. The molecule has 0 bridgehead atoms. The minimum absolute atomic E-state index is 0.0770. The number of benzene rings is 1. The fourth-order valence-corrected chi connectivity index (χ4v) is 3.61. The van der Waals surface area contributed by atoms with E-state index >= 15 is 0 Å². The first-order valence-electron chi connectivity index (χ1n) is 8.76. The van der Waals surface area contributed by atoms with Crippen LogP contribution in [0.4, 0.5) is 13.2 Å². The summed E-state index contributed by atoms with van der Waals surface area (Å²) in [7, 11) is 0. The van der Waals surface area contributed by atoms with Crippen molar-refractivity contribution in [3.8, 4) is 0 Å². The minimum Gasteiger partial charge on any atom is -0.343 e. The van der Waals surface area contributed by atoms with Crippen molar-refractivity contribution in [3.63, 3.8) is 0 Å². The van der Waals surface area contributed by atoms with E-state index in [2.05, 4.69) is 4.98 Å². The Bertz CT molecular complexity index is 767. The number of fused-ring (bicyclic) bond motifs is 1. The molecular weight excluding hydrogens is 367 g/mol. The van der Waals surface area contributed by atoms with E-state index in [1.807, 2.05) is 0 Å². The molecule has 0 atom stereocenters. The third-order valence-electron chi connectivity index (χ3n) is 4.84. The van der Waals surface area contributed by atoms with Gasteiger partial charge in [0, 0.05) is 31.9 Å². The monoisotopic (exact) mass is 387 g/mol. The van der Waals surface area contributed by atoms with Crippen LogP contribution in [0.3, 0.4) is 0 Å². The maximum atomic E-state index is 13.4. The lowest BCUT2D eigenvalue weighted by Gasteiger charge is -2.32. The van der Waals surface area contributed by atoms with Crippen LogP contribution in [0, 0.1) is 5.92 Å². The second-order valence-corrected chi connectivity index (χ2v) is 7.03. The topological polar surface area (TPSA) is 38.1 Å². The number of hydrogen-bond donors (Lipinski definition) is 0. The molecule has 0 N–H and O–H groups in total. The molecule has 26 heavy (non-hydrogen) atoms. The average Bonchev–Trinajstić information content (AvgIpc) is 2.99. The predicted octanol–water partition coefficient (Wildman–Crippen LogP) is 4.31. The van der Waals surface area contributed by atoms with Crippen molar-refractivity contribution in [1.29, 1.82) is 0 Å². The molecule has 1 aromatic carbocycles. The molecule has 8 heteroatoms. The number of carbonyl (C=O) groups excluding carboxylic acids is 1. The predicted molar refractivity (Wildman–Crippen MR) is 94.0 cm³/mol. The first-order chi connectivity index (χ1) is 12.4. The second kappa shape index (κ2) is 7.86. The molecular formula is C18H21ClF3N3O. The van der Waals surface area contributed by atoms with Gasteiger partial charge in [0.25, 0.3) is 0 Å². The van der Waals surface area contributed by atoms with E-state index in [-0.39, 0.29) is 18.4 Å². The zero-order valence-electron chi connectivity index (χ0n) is 14.3. The van der Waals surface area contributed by atoms with Gasteiger partial charge in [0.15, 0.2) is 0 Å². The number of nitrogens with zero attached hydrogens (tertiary/aromatic N) is 3. The third-order valence-corrected chi connectivity index (χ3v) is 5.11. The van der Waals surface area contributed by atoms with Gasteiger partial charge in [0.05, 0.1) is 11.0 Å². The number of para-hydroxylation sites is 2. The Morgan fingerprint density at radius 2 is 1.92 bits per heavy atom. The van der Waals surface area contributed by atoms with Crippen molar-refractivity contribution in [2.45, 2.75) is 38.4 Å². The molecule has 1 aliphatic heterocycles. The summed E-state index contributed by atoms with van der Waals surface area (Å²) in [6, 6.07) is 6.67. The quantitative estimate of drug-likeness (QED) is 0.717. The van der Waals surface area contributed by atoms with E-state index in [1.165, 1.54) is 4.57 Å². The van der Waals surface area contributed by atoms with Crippen molar-refractivity contribution >= 4 is 28.5 Å². The van der Waals surface area contributed by atoms with Gasteiger partial charge in [-0.2, -0.15) is 13.2 Å². The fraction of sp³-hybridized carbons (Fsp3) is 0.556. The number of amides is 1. The van der Waals surface area contributed by atoms with E-state index in [1.54, 1.807) is 29.2 Å². The average molecular weight is 388 g/mol. The summed E-state index contributed by atoms with van der Waals surface area (Å²) in [4.78, 5) is 17.6. The zero-order chi connectivity index (χ0) is 18.7. The molecule has 1 fully saturated rings. The van der Waals surface area contributed by atoms with Crippen molar-refractivity contribution in [2.24, 2.45) is 5.92 Å². The Morgan fingerprint density at radius 1 is 1.23 bits per heavy atom. The highest BCUT2D eigenvalue weighted by molar-refractivity contribution is 6.17. The highest BCUT2D eigenvalue weighted by atomic mass is 35.5. The summed E-state index contributed by atoms with van der Waals surface area (Å²) in [5, 5.41) is 0. The van der Waals surface area contributed by atoms with Crippen LogP contribution in [-0.4, -0.2) is 39.3 Å². The minimum atomic E-state index is -4.49. The Balaban J connectivity index is 1.71. The van der Waals surface area contributed by atoms with E-state index in [0.29, 0.717) is 55.7 Å². The summed E-state index contributed by atoms with van der Waals surface area (Å²) in [5.41, 5.74) is 0.856. The molecule has 142 valence electrons. The Labute approximate surface area is 154 Å². The number of likely N-dealkylation sites (tertiary alicyclic amines) is 1. The molecule has 0 aliphatic carbocycles. The van der Waals surface area contributed by atoms with Crippen LogP contribution in [0.15, 0.2) is 24.3 Å². The van der Waals surface area contributed by atoms with Crippen LogP contribution in [-0.2, 0) is 17.5 Å². The first-order valence-corrected chi connectivity index (χ1v) is 9.30. The fourth-order valence-electron chi connectivity index (χ4n) is 3.48. The van der Waals surface area contributed by atoms with Gasteiger partial charge in [-0.3, -0.25) is 4.79 Å². The number of alkyl halides is 4. The molecule has 2 heterocycles. The van der Waals surface area contributed by atoms with Crippen molar-refractivity contribution in [2.75, 3.05) is 19.0 Å². The maximum absolute atomic E-state index is 13.4. The molecule has 3 rings (SSSR count). The number of piperidine rings is 1. The van der Waals surface area contributed by atoms with Gasteiger partial charge in [-0.05, 0) is 37.3 Å². The highest BCUT2D eigenvalue weighted by Gasteiger charge is 2.38. The summed E-state index contributed by atoms with van der Waals surface area (Å²) >= 11 is 5.62. The van der Waals surface area contributed by atoms with E-state index in [9.17, 15) is 18.0 Å². The Kier molecular flexibility index (Phi) is 5.75. The maximum Gasteiger partial charge on any atom is 0.449 e. The molecule has 1 aliphatic rings.